The lowest BCUT2D eigenvalue weighted by atomic mass is 9.85. The molecular formula is C16H21NO2. The van der Waals surface area contributed by atoms with Crippen LogP contribution in [0.1, 0.15) is 30.4 Å². The van der Waals surface area contributed by atoms with Crippen LogP contribution in [0, 0.1) is 5.92 Å². The van der Waals surface area contributed by atoms with Gasteiger partial charge in [0.2, 0.25) is 0 Å². The Morgan fingerprint density at radius 1 is 1.47 bits per heavy atom. The molecule has 1 N–H and O–H groups in total. The van der Waals surface area contributed by atoms with Crippen LogP contribution in [0.5, 0.6) is 0 Å². The summed E-state index contributed by atoms with van der Waals surface area (Å²) in [5.41, 5.74) is 2.17. The van der Waals surface area contributed by atoms with Crippen LogP contribution >= 0.6 is 0 Å². The maximum atomic E-state index is 10.5. The second-order valence-electron chi connectivity index (χ2n) is 5.41. The van der Waals surface area contributed by atoms with Crippen molar-refractivity contribution in [3.05, 3.63) is 41.5 Å². The Morgan fingerprint density at radius 3 is 2.89 bits per heavy atom. The molecule has 2 rings (SSSR count). The largest absolute Gasteiger partial charge is 0.478 e. The highest BCUT2D eigenvalue weighted by Gasteiger charge is 2.18. The number of benzene rings is 1. The van der Waals surface area contributed by atoms with Crippen LogP contribution in [0.4, 0.5) is 0 Å². The second kappa shape index (κ2) is 6.53. The SMILES string of the molecule is CN(Cc1cccc(C=CC(=O)O)c1)CC1CCC1. The van der Waals surface area contributed by atoms with E-state index in [4.69, 9.17) is 5.11 Å². The quantitative estimate of drug-likeness (QED) is 0.798. The summed E-state index contributed by atoms with van der Waals surface area (Å²) in [6.07, 6.45) is 6.93. The van der Waals surface area contributed by atoms with Gasteiger partial charge in [0, 0.05) is 19.2 Å². The summed E-state index contributed by atoms with van der Waals surface area (Å²) in [5, 5.41) is 8.63. The van der Waals surface area contributed by atoms with E-state index in [-0.39, 0.29) is 0 Å². The van der Waals surface area contributed by atoms with E-state index in [1.807, 2.05) is 12.1 Å². The van der Waals surface area contributed by atoms with Crippen LogP contribution < -0.4 is 0 Å². The molecule has 1 saturated carbocycles. The molecule has 102 valence electrons. The third kappa shape index (κ3) is 4.52. The fourth-order valence-corrected chi connectivity index (χ4v) is 2.46. The molecule has 0 radical (unpaired) electrons. The average Bonchev–Trinajstić information content (AvgIpc) is 2.32. The molecule has 0 unspecified atom stereocenters. The van der Waals surface area contributed by atoms with E-state index in [0.717, 1.165) is 24.6 Å². The predicted molar refractivity (Wildman–Crippen MR) is 76.8 cm³/mol. The number of rotatable bonds is 6. The van der Waals surface area contributed by atoms with Crippen molar-refractivity contribution in [2.45, 2.75) is 25.8 Å². The monoisotopic (exact) mass is 259 g/mol. The smallest absolute Gasteiger partial charge is 0.328 e. The van der Waals surface area contributed by atoms with Crippen molar-refractivity contribution in [3.8, 4) is 0 Å². The van der Waals surface area contributed by atoms with Gasteiger partial charge in [-0.2, -0.15) is 0 Å². The first-order valence-corrected chi connectivity index (χ1v) is 6.82. The van der Waals surface area contributed by atoms with E-state index < -0.39 is 5.97 Å². The van der Waals surface area contributed by atoms with E-state index in [0.29, 0.717) is 0 Å². The van der Waals surface area contributed by atoms with Crippen LogP contribution in [0.2, 0.25) is 0 Å². The Bertz CT molecular complexity index is 464. The fraction of sp³-hybridized carbons (Fsp3) is 0.438. The van der Waals surface area contributed by atoms with Crippen molar-refractivity contribution < 1.29 is 9.90 Å². The zero-order valence-electron chi connectivity index (χ0n) is 11.4. The number of carboxylic acids is 1. The third-order valence-electron chi connectivity index (χ3n) is 3.62. The highest BCUT2D eigenvalue weighted by molar-refractivity contribution is 5.85. The highest BCUT2D eigenvalue weighted by Crippen LogP contribution is 2.27. The predicted octanol–water partition coefficient (Wildman–Crippen LogP) is 3.02. The Morgan fingerprint density at radius 2 is 2.26 bits per heavy atom. The van der Waals surface area contributed by atoms with Crippen molar-refractivity contribution in [2.24, 2.45) is 5.92 Å². The molecule has 1 aliphatic rings. The lowest BCUT2D eigenvalue weighted by molar-refractivity contribution is -0.131. The molecule has 0 amide bonds. The number of hydrogen-bond donors (Lipinski definition) is 1. The molecule has 0 spiro atoms. The molecule has 0 bridgehead atoms. The van der Waals surface area contributed by atoms with E-state index >= 15 is 0 Å². The van der Waals surface area contributed by atoms with Crippen LogP contribution in [0.25, 0.3) is 6.08 Å². The topological polar surface area (TPSA) is 40.5 Å². The standard InChI is InChI=1S/C16H21NO2/c1-17(11-14-5-3-6-14)12-15-7-2-4-13(10-15)8-9-16(18)19/h2,4,7-10,14H,3,5-6,11-12H2,1H3,(H,18,19). The van der Waals surface area contributed by atoms with Gasteiger partial charge < -0.3 is 10.0 Å². The third-order valence-corrected chi connectivity index (χ3v) is 3.62. The molecule has 1 aromatic carbocycles. The highest BCUT2D eigenvalue weighted by atomic mass is 16.4. The van der Waals surface area contributed by atoms with Gasteiger partial charge >= 0.3 is 5.97 Å². The number of aliphatic carboxylic acids is 1. The van der Waals surface area contributed by atoms with E-state index in [1.54, 1.807) is 6.08 Å². The molecule has 0 saturated heterocycles. The number of hydrogen-bond acceptors (Lipinski definition) is 2. The summed E-state index contributed by atoms with van der Waals surface area (Å²) in [4.78, 5) is 12.9. The Kier molecular flexibility index (Phi) is 4.74. The summed E-state index contributed by atoms with van der Waals surface area (Å²) >= 11 is 0. The van der Waals surface area contributed by atoms with Crippen LogP contribution in [-0.4, -0.2) is 29.6 Å². The molecule has 0 atom stereocenters. The lowest BCUT2D eigenvalue weighted by Crippen LogP contribution is -2.29. The molecule has 3 nitrogen and oxygen atoms in total. The van der Waals surface area contributed by atoms with Crippen LogP contribution in [0.3, 0.4) is 0 Å². The first-order valence-electron chi connectivity index (χ1n) is 6.82. The fourth-order valence-electron chi connectivity index (χ4n) is 2.46. The van der Waals surface area contributed by atoms with Gasteiger partial charge in [-0.1, -0.05) is 30.7 Å². The summed E-state index contributed by atoms with van der Waals surface area (Å²) in [6.45, 7) is 2.08. The maximum absolute atomic E-state index is 10.5. The molecule has 1 aromatic rings. The van der Waals surface area contributed by atoms with Crippen molar-refractivity contribution in [3.63, 3.8) is 0 Å². The van der Waals surface area contributed by atoms with Crippen molar-refractivity contribution in [1.29, 1.82) is 0 Å². The summed E-state index contributed by atoms with van der Waals surface area (Å²) in [7, 11) is 2.15. The molecule has 0 aromatic heterocycles. The Hall–Kier alpha value is -1.61. The zero-order chi connectivity index (χ0) is 13.7. The summed E-state index contributed by atoms with van der Waals surface area (Å²) in [5.74, 6) is -0.0346. The van der Waals surface area contributed by atoms with Crippen molar-refractivity contribution >= 4 is 12.0 Å². The van der Waals surface area contributed by atoms with Gasteiger partial charge in [0.25, 0.3) is 0 Å². The molecule has 1 aliphatic carbocycles. The minimum atomic E-state index is -0.910. The minimum absolute atomic E-state index is 0.875. The lowest BCUT2D eigenvalue weighted by Gasteiger charge is -2.30. The first-order chi connectivity index (χ1) is 9.13. The second-order valence-corrected chi connectivity index (χ2v) is 5.41. The number of nitrogens with zero attached hydrogens (tertiary/aromatic N) is 1. The van der Waals surface area contributed by atoms with Gasteiger partial charge in [0.15, 0.2) is 0 Å². The molecule has 19 heavy (non-hydrogen) atoms. The molecule has 0 aliphatic heterocycles. The van der Waals surface area contributed by atoms with Crippen molar-refractivity contribution in [2.75, 3.05) is 13.6 Å². The Balaban J connectivity index is 1.92. The zero-order valence-corrected chi connectivity index (χ0v) is 11.4. The van der Waals surface area contributed by atoms with E-state index in [9.17, 15) is 4.79 Å². The minimum Gasteiger partial charge on any atom is -0.478 e. The molecule has 0 heterocycles. The van der Waals surface area contributed by atoms with Crippen molar-refractivity contribution in [1.82, 2.24) is 4.90 Å². The van der Waals surface area contributed by atoms with Crippen LogP contribution in [0.15, 0.2) is 30.3 Å². The van der Waals surface area contributed by atoms with Gasteiger partial charge in [-0.15, -0.1) is 0 Å². The number of carboxylic acid groups (broad SMARTS) is 1. The van der Waals surface area contributed by atoms with Gasteiger partial charge in [0.1, 0.15) is 0 Å². The van der Waals surface area contributed by atoms with Gasteiger partial charge in [-0.25, -0.2) is 4.79 Å². The Labute approximate surface area is 114 Å². The van der Waals surface area contributed by atoms with Gasteiger partial charge in [-0.3, -0.25) is 0 Å². The van der Waals surface area contributed by atoms with E-state index in [2.05, 4.69) is 24.1 Å². The molecule has 3 heteroatoms. The first kappa shape index (κ1) is 13.8. The number of carbonyl (C=O) groups is 1. The summed E-state index contributed by atoms with van der Waals surface area (Å²) in [6, 6.07) is 8.05. The maximum Gasteiger partial charge on any atom is 0.328 e. The molecule has 1 fully saturated rings. The normalized spacial score (nSPS) is 15.9. The summed E-state index contributed by atoms with van der Waals surface area (Å²) < 4.78 is 0. The average molecular weight is 259 g/mol. The van der Waals surface area contributed by atoms with E-state index in [1.165, 1.54) is 30.9 Å². The van der Waals surface area contributed by atoms with Gasteiger partial charge in [0.05, 0.1) is 0 Å². The van der Waals surface area contributed by atoms with Crippen LogP contribution in [-0.2, 0) is 11.3 Å². The van der Waals surface area contributed by atoms with Gasteiger partial charge in [-0.05, 0) is 43.0 Å². The molecular weight excluding hydrogens is 238 g/mol.